The molecule has 3 aliphatic rings. The van der Waals surface area contributed by atoms with Crippen molar-refractivity contribution in [3.8, 4) is 0 Å². The van der Waals surface area contributed by atoms with Gasteiger partial charge in [-0.15, -0.1) is 0 Å². The average Bonchev–Trinajstić information content (AvgIpc) is 2.73. The lowest BCUT2D eigenvalue weighted by molar-refractivity contribution is -0.282. The number of alkyl halides is 1. The molecule has 0 aromatic rings. The monoisotopic (exact) mass is 212 g/mol. The molecule has 1 aliphatic heterocycles. The fourth-order valence-corrected chi connectivity index (χ4v) is 2.93. The molecule has 1 heterocycles. The van der Waals surface area contributed by atoms with Crippen molar-refractivity contribution in [2.24, 2.45) is 11.8 Å². The molecule has 3 rings (SSSR count). The standard InChI is InChI=1S/C12H17FO2/c13-12(9-4-5-10(12)7-6-9)15-11-3-1-2-8-14-11/h4-5,9-11H,1-3,6-8H2. The van der Waals surface area contributed by atoms with Crippen molar-refractivity contribution in [3.05, 3.63) is 12.2 Å². The summed E-state index contributed by atoms with van der Waals surface area (Å²) in [7, 11) is 0. The van der Waals surface area contributed by atoms with Crippen LogP contribution in [0.15, 0.2) is 12.2 Å². The van der Waals surface area contributed by atoms with Crippen LogP contribution in [0.25, 0.3) is 0 Å². The molecular formula is C12H17FO2. The molecule has 3 heteroatoms. The summed E-state index contributed by atoms with van der Waals surface area (Å²) in [5, 5.41) is 0. The maximum absolute atomic E-state index is 14.6. The largest absolute Gasteiger partial charge is 0.353 e. The third kappa shape index (κ3) is 1.53. The van der Waals surface area contributed by atoms with Crippen LogP contribution in [0.3, 0.4) is 0 Å². The van der Waals surface area contributed by atoms with Crippen molar-refractivity contribution in [2.45, 2.75) is 44.2 Å². The van der Waals surface area contributed by atoms with Crippen LogP contribution in [-0.2, 0) is 9.47 Å². The lowest BCUT2D eigenvalue weighted by atomic mass is 10.1. The molecule has 15 heavy (non-hydrogen) atoms. The van der Waals surface area contributed by atoms with Gasteiger partial charge < -0.3 is 9.47 Å². The van der Waals surface area contributed by atoms with Crippen LogP contribution in [0.5, 0.6) is 0 Å². The first-order valence-corrected chi connectivity index (χ1v) is 5.96. The molecule has 0 amide bonds. The first-order chi connectivity index (χ1) is 7.29. The molecule has 2 aliphatic carbocycles. The molecule has 0 N–H and O–H groups in total. The molecule has 0 radical (unpaired) electrons. The van der Waals surface area contributed by atoms with E-state index in [1.165, 1.54) is 0 Å². The fourth-order valence-electron chi connectivity index (χ4n) is 2.93. The van der Waals surface area contributed by atoms with Crippen molar-refractivity contribution in [2.75, 3.05) is 6.61 Å². The highest BCUT2D eigenvalue weighted by atomic mass is 19.2. The van der Waals surface area contributed by atoms with Crippen LogP contribution in [0, 0.1) is 11.8 Å². The average molecular weight is 212 g/mol. The zero-order chi connectivity index (χ0) is 10.3. The van der Waals surface area contributed by atoms with E-state index in [1.54, 1.807) is 0 Å². The summed E-state index contributed by atoms with van der Waals surface area (Å²) in [4.78, 5) is 0. The molecule has 0 aromatic carbocycles. The summed E-state index contributed by atoms with van der Waals surface area (Å²) in [6.07, 6.45) is 8.47. The molecular weight excluding hydrogens is 195 g/mol. The minimum atomic E-state index is -1.46. The van der Waals surface area contributed by atoms with Crippen molar-refractivity contribution >= 4 is 0 Å². The highest BCUT2D eigenvalue weighted by Gasteiger charge is 2.54. The summed E-state index contributed by atoms with van der Waals surface area (Å²) < 4.78 is 25.6. The molecule has 2 bridgehead atoms. The zero-order valence-corrected chi connectivity index (χ0v) is 8.82. The second-order valence-corrected chi connectivity index (χ2v) is 4.79. The first kappa shape index (κ1) is 9.79. The van der Waals surface area contributed by atoms with Gasteiger partial charge in [-0.2, -0.15) is 0 Å². The van der Waals surface area contributed by atoms with Gasteiger partial charge in [-0.05, 0) is 32.1 Å². The van der Waals surface area contributed by atoms with Gasteiger partial charge in [0.25, 0.3) is 0 Å². The Morgan fingerprint density at radius 3 is 2.40 bits per heavy atom. The van der Waals surface area contributed by atoms with Crippen LogP contribution in [-0.4, -0.2) is 18.8 Å². The molecule has 1 saturated carbocycles. The summed E-state index contributed by atoms with van der Waals surface area (Å²) in [6.45, 7) is 0.712. The van der Waals surface area contributed by atoms with Crippen LogP contribution < -0.4 is 0 Å². The van der Waals surface area contributed by atoms with Gasteiger partial charge in [0.1, 0.15) is 0 Å². The lowest BCUT2D eigenvalue weighted by Crippen LogP contribution is -2.39. The van der Waals surface area contributed by atoms with E-state index in [0.29, 0.717) is 6.61 Å². The summed E-state index contributed by atoms with van der Waals surface area (Å²) >= 11 is 0. The van der Waals surface area contributed by atoms with Crippen LogP contribution >= 0.6 is 0 Å². The maximum Gasteiger partial charge on any atom is 0.224 e. The van der Waals surface area contributed by atoms with Gasteiger partial charge in [-0.3, -0.25) is 0 Å². The smallest absolute Gasteiger partial charge is 0.224 e. The van der Waals surface area contributed by atoms with Crippen LogP contribution in [0.4, 0.5) is 4.39 Å². The van der Waals surface area contributed by atoms with E-state index >= 15 is 0 Å². The van der Waals surface area contributed by atoms with Gasteiger partial charge in [0.05, 0.1) is 0 Å². The number of hydrogen-bond donors (Lipinski definition) is 0. The van der Waals surface area contributed by atoms with E-state index in [2.05, 4.69) is 0 Å². The van der Waals surface area contributed by atoms with Gasteiger partial charge in [0, 0.05) is 18.4 Å². The third-order valence-electron chi connectivity index (χ3n) is 3.83. The Kier molecular flexibility index (Phi) is 2.33. The molecule has 2 fully saturated rings. The Labute approximate surface area is 89.4 Å². The van der Waals surface area contributed by atoms with Gasteiger partial charge in [0.2, 0.25) is 5.85 Å². The first-order valence-electron chi connectivity index (χ1n) is 5.96. The number of halogens is 1. The molecule has 3 atom stereocenters. The number of ether oxygens (including phenoxy) is 2. The van der Waals surface area contributed by atoms with Gasteiger partial charge >= 0.3 is 0 Å². The van der Waals surface area contributed by atoms with E-state index in [9.17, 15) is 4.39 Å². The van der Waals surface area contributed by atoms with E-state index in [4.69, 9.17) is 9.47 Å². The van der Waals surface area contributed by atoms with E-state index < -0.39 is 5.85 Å². The normalized spacial score (nSPS) is 48.7. The topological polar surface area (TPSA) is 18.5 Å². The quantitative estimate of drug-likeness (QED) is 0.655. The van der Waals surface area contributed by atoms with Gasteiger partial charge in [0.15, 0.2) is 6.29 Å². The fraction of sp³-hybridized carbons (Fsp3) is 0.833. The van der Waals surface area contributed by atoms with Crippen LogP contribution in [0.2, 0.25) is 0 Å². The maximum atomic E-state index is 14.6. The highest BCUT2D eigenvalue weighted by Crippen LogP contribution is 2.51. The molecule has 2 nitrogen and oxygen atoms in total. The molecule has 1 saturated heterocycles. The zero-order valence-electron chi connectivity index (χ0n) is 8.82. The van der Waals surface area contributed by atoms with Crippen molar-refractivity contribution in [1.29, 1.82) is 0 Å². The third-order valence-corrected chi connectivity index (χ3v) is 3.83. The van der Waals surface area contributed by atoms with Crippen molar-refractivity contribution < 1.29 is 13.9 Å². The predicted molar refractivity (Wildman–Crippen MR) is 53.9 cm³/mol. The van der Waals surface area contributed by atoms with Crippen molar-refractivity contribution in [3.63, 3.8) is 0 Å². The summed E-state index contributed by atoms with van der Waals surface area (Å²) in [6, 6.07) is 0. The van der Waals surface area contributed by atoms with Gasteiger partial charge in [-0.1, -0.05) is 12.2 Å². The SMILES string of the molecule is FC1(OC2CCCCO2)C2C=CC1CC2. The van der Waals surface area contributed by atoms with Crippen molar-refractivity contribution in [1.82, 2.24) is 0 Å². The summed E-state index contributed by atoms with van der Waals surface area (Å²) in [5.74, 6) is -1.52. The highest BCUT2D eigenvalue weighted by molar-refractivity contribution is 5.16. The lowest BCUT2D eigenvalue weighted by Gasteiger charge is -2.32. The Balaban J connectivity index is 1.67. The van der Waals surface area contributed by atoms with E-state index in [1.807, 2.05) is 12.2 Å². The minimum absolute atomic E-state index is 0.0342. The molecule has 3 unspecified atom stereocenters. The molecule has 84 valence electrons. The van der Waals surface area contributed by atoms with E-state index in [-0.39, 0.29) is 18.1 Å². The van der Waals surface area contributed by atoms with Gasteiger partial charge in [-0.25, -0.2) is 4.39 Å². The molecule has 0 spiro atoms. The Morgan fingerprint density at radius 1 is 1.13 bits per heavy atom. The Bertz CT molecular complexity index is 257. The van der Waals surface area contributed by atoms with E-state index in [0.717, 1.165) is 32.1 Å². The number of rotatable bonds is 2. The number of fused-ring (bicyclic) bond motifs is 2. The second-order valence-electron chi connectivity index (χ2n) is 4.79. The predicted octanol–water partition coefficient (Wildman–Crippen LogP) is 2.79. The molecule has 0 aromatic heterocycles. The second kappa shape index (κ2) is 3.56. The Morgan fingerprint density at radius 2 is 1.87 bits per heavy atom. The number of hydrogen-bond acceptors (Lipinski definition) is 2. The minimum Gasteiger partial charge on any atom is -0.353 e. The Hall–Kier alpha value is -0.410. The summed E-state index contributed by atoms with van der Waals surface area (Å²) in [5.41, 5.74) is 0. The van der Waals surface area contributed by atoms with Crippen LogP contribution in [0.1, 0.15) is 32.1 Å².